The Morgan fingerprint density at radius 3 is 2.81 bits per heavy atom. The summed E-state index contributed by atoms with van der Waals surface area (Å²) in [6, 6.07) is 10.6. The first-order valence-corrected chi connectivity index (χ1v) is 9.07. The number of anilines is 1. The molecule has 26 heavy (non-hydrogen) atoms. The van der Waals surface area contributed by atoms with E-state index >= 15 is 0 Å². The topological polar surface area (TPSA) is 80.6 Å². The third-order valence-corrected chi connectivity index (χ3v) is 4.75. The smallest absolute Gasteiger partial charge is 0.137 e. The highest BCUT2D eigenvalue weighted by Gasteiger charge is 2.18. The lowest BCUT2D eigenvalue weighted by atomic mass is 10.0. The van der Waals surface area contributed by atoms with Crippen LogP contribution >= 0.6 is 0 Å². The van der Waals surface area contributed by atoms with E-state index in [1.165, 1.54) is 11.1 Å². The molecule has 1 aliphatic rings. The molecule has 0 fully saturated rings. The van der Waals surface area contributed by atoms with E-state index in [0.29, 0.717) is 0 Å². The van der Waals surface area contributed by atoms with Crippen LogP contribution in [-0.4, -0.2) is 37.8 Å². The van der Waals surface area contributed by atoms with Gasteiger partial charge < -0.3 is 10.6 Å². The van der Waals surface area contributed by atoms with Gasteiger partial charge in [0.1, 0.15) is 24.8 Å². The molecule has 1 atom stereocenters. The fourth-order valence-corrected chi connectivity index (χ4v) is 3.38. The average molecular weight is 349 g/mol. The highest BCUT2D eigenvalue weighted by atomic mass is 15.3. The standard InChI is InChI=1S/C19H23N7/c1-2-4-15(5-3-1)17(8-11-26-14-21-12-24-26)25-19-16-6-9-20-10-7-18(16)22-13-23-19/h1-5,12-14,17,20H,6-11H2,(H,22,23,25)/t17-/m1/s1. The summed E-state index contributed by atoms with van der Waals surface area (Å²) in [4.78, 5) is 13.1. The van der Waals surface area contributed by atoms with Crippen LogP contribution in [0.1, 0.15) is 29.3 Å². The van der Waals surface area contributed by atoms with Crippen LogP contribution in [0.3, 0.4) is 0 Å². The maximum atomic E-state index is 4.56. The second kappa shape index (κ2) is 8.05. The van der Waals surface area contributed by atoms with E-state index in [9.17, 15) is 0 Å². The molecule has 0 radical (unpaired) electrons. The second-order valence-electron chi connectivity index (χ2n) is 6.45. The van der Waals surface area contributed by atoms with Gasteiger partial charge in [-0.15, -0.1) is 0 Å². The summed E-state index contributed by atoms with van der Waals surface area (Å²) in [5, 5.41) is 11.3. The van der Waals surface area contributed by atoms with Crippen molar-refractivity contribution in [3.63, 3.8) is 0 Å². The van der Waals surface area contributed by atoms with E-state index in [1.807, 2.05) is 10.7 Å². The molecule has 7 heteroatoms. The fourth-order valence-electron chi connectivity index (χ4n) is 3.38. The number of aryl methyl sites for hydroxylation is 1. The number of benzene rings is 1. The van der Waals surface area contributed by atoms with Crippen LogP contribution < -0.4 is 10.6 Å². The van der Waals surface area contributed by atoms with Crippen LogP contribution in [0.15, 0.2) is 49.3 Å². The number of fused-ring (bicyclic) bond motifs is 1. The average Bonchev–Trinajstić information content (AvgIpc) is 3.09. The van der Waals surface area contributed by atoms with Crippen LogP contribution in [0.4, 0.5) is 5.82 Å². The minimum absolute atomic E-state index is 0.149. The van der Waals surface area contributed by atoms with Crippen LogP contribution in [0.5, 0.6) is 0 Å². The highest BCUT2D eigenvalue weighted by molar-refractivity contribution is 5.48. The molecule has 134 valence electrons. The Morgan fingerprint density at radius 2 is 1.96 bits per heavy atom. The summed E-state index contributed by atoms with van der Waals surface area (Å²) < 4.78 is 1.86. The Labute approximate surface area is 152 Å². The molecule has 0 bridgehead atoms. The fraction of sp³-hybridized carbons (Fsp3) is 0.368. The molecule has 0 amide bonds. The van der Waals surface area contributed by atoms with E-state index in [4.69, 9.17) is 0 Å². The second-order valence-corrected chi connectivity index (χ2v) is 6.45. The van der Waals surface area contributed by atoms with Crippen LogP contribution in [0.2, 0.25) is 0 Å². The number of rotatable bonds is 6. The molecule has 2 aromatic heterocycles. The normalized spacial score (nSPS) is 15.1. The predicted octanol–water partition coefficient (Wildman–Crippen LogP) is 2.00. The first kappa shape index (κ1) is 16.7. The summed E-state index contributed by atoms with van der Waals surface area (Å²) in [6.07, 6.45) is 7.79. The Morgan fingerprint density at radius 1 is 1.08 bits per heavy atom. The molecule has 7 nitrogen and oxygen atoms in total. The van der Waals surface area contributed by atoms with Gasteiger partial charge in [-0.2, -0.15) is 5.10 Å². The van der Waals surface area contributed by atoms with E-state index < -0.39 is 0 Å². The lowest BCUT2D eigenvalue weighted by molar-refractivity contribution is 0.536. The van der Waals surface area contributed by atoms with Crippen molar-refractivity contribution < 1.29 is 0 Å². The van der Waals surface area contributed by atoms with Gasteiger partial charge in [-0.1, -0.05) is 30.3 Å². The maximum absolute atomic E-state index is 4.56. The molecule has 4 rings (SSSR count). The van der Waals surface area contributed by atoms with Crippen molar-refractivity contribution in [3.8, 4) is 0 Å². The van der Waals surface area contributed by atoms with E-state index in [0.717, 1.165) is 50.4 Å². The maximum Gasteiger partial charge on any atom is 0.137 e. The van der Waals surface area contributed by atoms with Crippen molar-refractivity contribution >= 4 is 5.82 Å². The summed E-state index contributed by atoms with van der Waals surface area (Å²) in [5.74, 6) is 0.950. The molecule has 0 saturated heterocycles. The Bertz CT molecular complexity index is 817. The number of hydrogen-bond donors (Lipinski definition) is 2. The van der Waals surface area contributed by atoms with E-state index in [-0.39, 0.29) is 6.04 Å². The Hall–Kier alpha value is -2.80. The Kier molecular flexibility index (Phi) is 5.16. The molecular formula is C19H23N7. The SMILES string of the molecule is c1ccc([C@@H](CCn2cncn2)Nc2ncnc3c2CCNCC3)cc1. The van der Waals surface area contributed by atoms with Crippen molar-refractivity contribution in [2.45, 2.75) is 31.8 Å². The minimum atomic E-state index is 0.149. The molecule has 3 heterocycles. The lowest BCUT2D eigenvalue weighted by Crippen LogP contribution is -2.18. The van der Waals surface area contributed by atoms with Crippen LogP contribution in [0.25, 0.3) is 0 Å². The van der Waals surface area contributed by atoms with Gasteiger partial charge in [0.2, 0.25) is 0 Å². The van der Waals surface area contributed by atoms with Crippen LogP contribution in [-0.2, 0) is 19.4 Å². The lowest BCUT2D eigenvalue weighted by Gasteiger charge is -2.22. The first-order valence-electron chi connectivity index (χ1n) is 9.07. The monoisotopic (exact) mass is 349 g/mol. The summed E-state index contributed by atoms with van der Waals surface area (Å²) >= 11 is 0. The number of nitrogens with zero attached hydrogens (tertiary/aromatic N) is 5. The zero-order valence-electron chi connectivity index (χ0n) is 14.7. The molecule has 0 aliphatic carbocycles. The Balaban J connectivity index is 1.58. The molecule has 0 saturated carbocycles. The van der Waals surface area contributed by atoms with E-state index in [1.54, 1.807) is 19.0 Å². The van der Waals surface area contributed by atoms with Gasteiger partial charge in [-0.05, 0) is 24.9 Å². The van der Waals surface area contributed by atoms with Gasteiger partial charge in [0.25, 0.3) is 0 Å². The summed E-state index contributed by atoms with van der Waals surface area (Å²) in [7, 11) is 0. The van der Waals surface area contributed by atoms with Gasteiger partial charge in [0.05, 0.1) is 11.7 Å². The number of aromatic nitrogens is 5. The van der Waals surface area contributed by atoms with Crippen LogP contribution in [0, 0.1) is 0 Å². The molecule has 2 N–H and O–H groups in total. The van der Waals surface area contributed by atoms with Crippen molar-refractivity contribution in [1.29, 1.82) is 0 Å². The van der Waals surface area contributed by atoms with Gasteiger partial charge in [0.15, 0.2) is 0 Å². The molecule has 3 aromatic rings. The third kappa shape index (κ3) is 3.88. The zero-order chi connectivity index (χ0) is 17.6. The van der Waals surface area contributed by atoms with Crippen molar-refractivity contribution in [3.05, 3.63) is 66.1 Å². The number of hydrogen-bond acceptors (Lipinski definition) is 6. The summed E-state index contributed by atoms with van der Waals surface area (Å²) in [6.45, 7) is 2.73. The van der Waals surface area contributed by atoms with E-state index in [2.05, 4.69) is 54.9 Å². The molecular weight excluding hydrogens is 326 g/mol. The quantitative estimate of drug-likeness (QED) is 0.708. The van der Waals surface area contributed by atoms with Gasteiger partial charge >= 0.3 is 0 Å². The third-order valence-electron chi connectivity index (χ3n) is 4.75. The van der Waals surface area contributed by atoms with Gasteiger partial charge in [-0.25, -0.2) is 15.0 Å². The molecule has 1 aliphatic heterocycles. The first-order chi connectivity index (χ1) is 12.9. The zero-order valence-corrected chi connectivity index (χ0v) is 14.7. The van der Waals surface area contributed by atoms with Crippen molar-refractivity contribution in [2.24, 2.45) is 0 Å². The highest BCUT2D eigenvalue weighted by Crippen LogP contribution is 2.26. The molecule has 0 spiro atoms. The number of nitrogens with one attached hydrogen (secondary N) is 2. The molecule has 1 aromatic carbocycles. The van der Waals surface area contributed by atoms with Crippen molar-refractivity contribution in [1.82, 2.24) is 30.0 Å². The largest absolute Gasteiger partial charge is 0.363 e. The van der Waals surface area contributed by atoms with Gasteiger partial charge in [-0.3, -0.25) is 4.68 Å². The predicted molar refractivity (Wildman–Crippen MR) is 99.8 cm³/mol. The molecule has 0 unspecified atom stereocenters. The van der Waals surface area contributed by atoms with Gasteiger partial charge in [0, 0.05) is 25.1 Å². The minimum Gasteiger partial charge on any atom is -0.363 e. The van der Waals surface area contributed by atoms with Crippen molar-refractivity contribution in [2.75, 3.05) is 18.4 Å². The summed E-state index contributed by atoms with van der Waals surface area (Å²) in [5.41, 5.74) is 3.63.